The standard InChI is InChI=1S/C19H26N4O3.ClH/c1-12-4-6-15(7-5-12)19(3)17(25)23(18(26)21-19)11-16(24)22-10-14(9-20)8-13(22)2;/h4-7,13-14H,8-11,20H2,1-3H3,(H,21,26);1H. The van der Waals surface area contributed by atoms with Gasteiger partial charge in [-0.05, 0) is 45.2 Å². The monoisotopic (exact) mass is 394 g/mol. The second-order valence-corrected chi connectivity index (χ2v) is 7.55. The van der Waals surface area contributed by atoms with Crippen molar-refractivity contribution in [2.75, 3.05) is 19.6 Å². The van der Waals surface area contributed by atoms with E-state index in [1.807, 2.05) is 38.1 Å². The van der Waals surface area contributed by atoms with E-state index in [9.17, 15) is 14.4 Å². The Labute approximate surface area is 165 Å². The maximum atomic E-state index is 12.9. The molecule has 0 radical (unpaired) electrons. The van der Waals surface area contributed by atoms with E-state index in [0.717, 1.165) is 16.9 Å². The highest BCUT2D eigenvalue weighted by Crippen LogP contribution is 2.29. The highest BCUT2D eigenvalue weighted by Gasteiger charge is 2.50. The van der Waals surface area contributed by atoms with Crippen LogP contribution in [0.3, 0.4) is 0 Å². The topological polar surface area (TPSA) is 95.7 Å². The summed E-state index contributed by atoms with van der Waals surface area (Å²) in [4.78, 5) is 40.7. The van der Waals surface area contributed by atoms with Crippen LogP contribution in [0.1, 0.15) is 31.4 Å². The molecule has 27 heavy (non-hydrogen) atoms. The zero-order chi connectivity index (χ0) is 19.1. The average Bonchev–Trinajstić information content (AvgIpc) is 3.09. The normalized spacial score (nSPS) is 27.6. The summed E-state index contributed by atoms with van der Waals surface area (Å²) in [5.41, 5.74) is 6.33. The van der Waals surface area contributed by atoms with Gasteiger partial charge >= 0.3 is 6.03 Å². The second kappa shape index (κ2) is 7.86. The van der Waals surface area contributed by atoms with Gasteiger partial charge in [-0.25, -0.2) is 4.79 Å². The Kier molecular flexibility index (Phi) is 6.17. The van der Waals surface area contributed by atoms with E-state index in [-0.39, 0.29) is 36.8 Å². The molecule has 2 aliphatic rings. The number of likely N-dealkylation sites (tertiary alicyclic amines) is 1. The van der Waals surface area contributed by atoms with Gasteiger partial charge in [-0.15, -0.1) is 12.4 Å². The van der Waals surface area contributed by atoms with E-state index >= 15 is 0 Å². The number of aryl methyl sites for hydroxylation is 1. The van der Waals surface area contributed by atoms with Gasteiger partial charge in [-0.1, -0.05) is 29.8 Å². The zero-order valence-electron chi connectivity index (χ0n) is 15.9. The second-order valence-electron chi connectivity index (χ2n) is 7.55. The molecular formula is C19H27ClN4O3. The molecule has 2 saturated heterocycles. The molecule has 7 nitrogen and oxygen atoms in total. The van der Waals surface area contributed by atoms with Crippen molar-refractivity contribution in [3.8, 4) is 0 Å². The van der Waals surface area contributed by atoms with Crippen LogP contribution in [-0.4, -0.2) is 53.3 Å². The van der Waals surface area contributed by atoms with E-state index in [1.165, 1.54) is 0 Å². The molecule has 2 heterocycles. The lowest BCUT2D eigenvalue weighted by Gasteiger charge is -2.25. The highest BCUT2D eigenvalue weighted by molar-refractivity contribution is 6.09. The summed E-state index contributed by atoms with van der Waals surface area (Å²) < 4.78 is 0. The Morgan fingerprint density at radius 2 is 1.93 bits per heavy atom. The minimum Gasteiger partial charge on any atom is -0.338 e. The van der Waals surface area contributed by atoms with Crippen molar-refractivity contribution in [3.63, 3.8) is 0 Å². The molecule has 0 spiro atoms. The summed E-state index contributed by atoms with van der Waals surface area (Å²) in [5, 5.41) is 2.74. The van der Waals surface area contributed by atoms with Crippen molar-refractivity contribution in [1.82, 2.24) is 15.1 Å². The molecular weight excluding hydrogens is 368 g/mol. The number of carbonyl (C=O) groups excluding carboxylic acids is 3. The van der Waals surface area contributed by atoms with E-state index in [1.54, 1.807) is 11.8 Å². The SMILES string of the molecule is Cc1ccc(C2(C)NC(=O)N(CC(=O)N3CC(CN)CC3C)C2=O)cc1.Cl. The fourth-order valence-corrected chi connectivity index (χ4v) is 3.81. The van der Waals surface area contributed by atoms with E-state index in [2.05, 4.69) is 5.32 Å². The van der Waals surface area contributed by atoms with Crippen LogP contribution in [0, 0.1) is 12.8 Å². The molecule has 148 valence electrons. The minimum absolute atomic E-state index is 0. The van der Waals surface area contributed by atoms with Crippen molar-refractivity contribution in [2.24, 2.45) is 11.7 Å². The fourth-order valence-electron chi connectivity index (χ4n) is 3.81. The minimum atomic E-state index is -1.15. The first kappa shape index (κ1) is 21.2. The predicted octanol–water partition coefficient (Wildman–Crippen LogP) is 1.38. The number of hydrogen-bond donors (Lipinski definition) is 2. The lowest BCUT2D eigenvalue weighted by Crippen LogP contribution is -2.45. The number of benzene rings is 1. The summed E-state index contributed by atoms with van der Waals surface area (Å²) in [6.07, 6.45) is 0.851. The van der Waals surface area contributed by atoms with Gasteiger partial charge < -0.3 is 16.0 Å². The number of amides is 4. The molecule has 1 aromatic rings. The van der Waals surface area contributed by atoms with Crippen LogP contribution in [0.25, 0.3) is 0 Å². The first-order chi connectivity index (χ1) is 12.3. The Bertz CT molecular complexity index is 739. The van der Waals surface area contributed by atoms with Crippen molar-refractivity contribution in [2.45, 2.75) is 38.8 Å². The van der Waals surface area contributed by atoms with E-state index in [0.29, 0.717) is 18.7 Å². The first-order valence-electron chi connectivity index (χ1n) is 8.97. The van der Waals surface area contributed by atoms with Crippen LogP contribution in [0.4, 0.5) is 4.79 Å². The van der Waals surface area contributed by atoms with Crippen LogP contribution >= 0.6 is 12.4 Å². The summed E-state index contributed by atoms with van der Waals surface area (Å²) in [6, 6.07) is 6.98. The predicted molar refractivity (Wildman–Crippen MR) is 104 cm³/mol. The molecule has 3 unspecified atom stereocenters. The summed E-state index contributed by atoms with van der Waals surface area (Å²) in [5.74, 6) is -0.345. The molecule has 2 fully saturated rings. The number of carbonyl (C=O) groups is 3. The van der Waals surface area contributed by atoms with Gasteiger partial charge in [0.2, 0.25) is 5.91 Å². The first-order valence-corrected chi connectivity index (χ1v) is 8.97. The maximum absolute atomic E-state index is 12.9. The molecule has 2 aliphatic heterocycles. The van der Waals surface area contributed by atoms with Crippen LogP contribution in [0.15, 0.2) is 24.3 Å². The number of nitrogens with two attached hydrogens (primary N) is 1. The van der Waals surface area contributed by atoms with Crippen molar-refractivity contribution >= 4 is 30.3 Å². The highest BCUT2D eigenvalue weighted by atomic mass is 35.5. The Morgan fingerprint density at radius 1 is 1.30 bits per heavy atom. The van der Waals surface area contributed by atoms with Crippen LogP contribution in [0.5, 0.6) is 0 Å². The third-order valence-corrected chi connectivity index (χ3v) is 5.51. The number of nitrogens with one attached hydrogen (secondary N) is 1. The van der Waals surface area contributed by atoms with Gasteiger partial charge in [0.15, 0.2) is 0 Å². The number of rotatable bonds is 4. The number of nitrogens with zero attached hydrogens (tertiary/aromatic N) is 2. The quantitative estimate of drug-likeness (QED) is 0.754. The molecule has 8 heteroatoms. The van der Waals surface area contributed by atoms with Gasteiger partial charge in [0.1, 0.15) is 12.1 Å². The van der Waals surface area contributed by atoms with Crippen molar-refractivity contribution < 1.29 is 14.4 Å². The largest absolute Gasteiger partial charge is 0.338 e. The third kappa shape index (κ3) is 3.80. The Balaban J connectivity index is 0.00000261. The average molecular weight is 395 g/mol. The molecule has 3 rings (SSSR count). The van der Waals surface area contributed by atoms with Crippen LogP contribution in [0.2, 0.25) is 0 Å². The van der Waals surface area contributed by atoms with E-state index < -0.39 is 17.5 Å². The van der Waals surface area contributed by atoms with Gasteiger partial charge in [0.25, 0.3) is 5.91 Å². The van der Waals surface area contributed by atoms with Gasteiger partial charge in [0, 0.05) is 12.6 Å². The van der Waals surface area contributed by atoms with Crippen LogP contribution < -0.4 is 11.1 Å². The Morgan fingerprint density at radius 3 is 2.48 bits per heavy atom. The summed E-state index contributed by atoms with van der Waals surface area (Å²) in [7, 11) is 0. The van der Waals surface area contributed by atoms with Gasteiger partial charge in [0.05, 0.1) is 0 Å². The number of imide groups is 1. The molecule has 0 saturated carbocycles. The Hall–Kier alpha value is -2.12. The van der Waals surface area contributed by atoms with Crippen molar-refractivity contribution in [1.29, 1.82) is 0 Å². The molecule has 0 bridgehead atoms. The molecule has 4 amide bonds. The molecule has 0 aliphatic carbocycles. The van der Waals surface area contributed by atoms with E-state index in [4.69, 9.17) is 5.73 Å². The van der Waals surface area contributed by atoms with Crippen LogP contribution in [-0.2, 0) is 15.1 Å². The third-order valence-electron chi connectivity index (χ3n) is 5.51. The number of halogens is 1. The zero-order valence-corrected chi connectivity index (χ0v) is 16.7. The number of urea groups is 1. The van der Waals surface area contributed by atoms with Gasteiger partial charge in [-0.3, -0.25) is 14.5 Å². The lowest BCUT2D eigenvalue weighted by atomic mass is 9.91. The fraction of sp³-hybridized carbons (Fsp3) is 0.526. The summed E-state index contributed by atoms with van der Waals surface area (Å²) in [6.45, 7) is 6.46. The van der Waals surface area contributed by atoms with Gasteiger partial charge in [-0.2, -0.15) is 0 Å². The molecule has 3 N–H and O–H groups in total. The maximum Gasteiger partial charge on any atom is 0.325 e. The molecule has 0 aromatic heterocycles. The smallest absolute Gasteiger partial charge is 0.325 e. The lowest BCUT2D eigenvalue weighted by molar-refractivity contribution is -0.139. The number of hydrogen-bond acceptors (Lipinski definition) is 4. The summed E-state index contributed by atoms with van der Waals surface area (Å²) >= 11 is 0. The molecule has 3 atom stereocenters. The van der Waals surface area contributed by atoms with Crippen molar-refractivity contribution in [3.05, 3.63) is 35.4 Å². The molecule has 1 aromatic carbocycles.